The number of nitriles is 1. The normalized spacial score (nSPS) is 10.3. The maximum absolute atomic E-state index is 12.2. The van der Waals surface area contributed by atoms with E-state index in [1.165, 1.54) is 0 Å². The van der Waals surface area contributed by atoms with Gasteiger partial charge in [0.2, 0.25) is 5.91 Å². The summed E-state index contributed by atoms with van der Waals surface area (Å²) in [6, 6.07) is 3.74. The molecule has 0 bridgehead atoms. The quantitative estimate of drug-likeness (QED) is 0.914. The number of hydrogen-bond donors (Lipinski definition) is 1. The number of rotatable bonds is 5. The van der Waals surface area contributed by atoms with E-state index in [1.54, 1.807) is 38.3 Å². The molecule has 1 amide bonds. The van der Waals surface area contributed by atoms with Gasteiger partial charge in [0.15, 0.2) is 0 Å². The average Bonchev–Trinajstić information content (AvgIpc) is 2.99. The third-order valence-corrected chi connectivity index (χ3v) is 3.93. The van der Waals surface area contributed by atoms with E-state index in [-0.39, 0.29) is 17.0 Å². The van der Waals surface area contributed by atoms with Gasteiger partial charge in [-0.05, 0) is 37.5 Å². The van der Waals surface area contributed by atoms with E-state index in [0.29, 0.717) is 30.6 Å². The van der Waals surface area contributed by atoms with Gasteiger partial charge < -0.3 is 14.3 Å². The largest absolute Gasteiger partial charge is 0.472 e. The molecule has 0 saturated heterocycles. The van der Waals surface area contributed by atoms with Crippen LogP contribution in [0.2, 0.25) is 0 Å². The predicted octanol–water partition coefficient (Wildman–Crippen LogP) is 2.05. The number of H-pyrrole nitrogens is 1. The molecule has 1 N–H and O–H groups in total. The standard InChI is InChI=1S/C17H19N3O3/c1-11-14(12(2)19-17(22)15(11)8-18)4-5-16(21)20(3)9-13-6-7-23-10-13/h6-7,10H,4-5,9H2,1-3H3,(H,19,22). The zero-order valence-electron chi connectivity index (χ0n) is 13.5. The number of aryl methyl sites for hydroxylation is 1. The number of hydrogen-bond acceptors (Lipinski definition) is 4. The number of carbonyl (C=O) groups excluding carboxylic acids is 1. The molecule has 0 spiro atoms. The van der Waals surface area contributed by atoms with Crippen LogP contribution in [-0.2, 0) is 17.8 Å². The Bertz CT molecular complexity index is 798. The van der Waals surface area contributed by atoms with Crippen LogP contribution in [0.1, 0.15) is 34.4 Å². The van der Waals surface area contributed by atoms with Crippen molar-refractivity contribution in [2.45, 2.75) is 33.2 Å². The summed E-state index contributed by atoms with van der Waals surface area (Å²) in [7, 11) is 1.74. The fraction of sp³-hybridized carbons (Fsp3) is 0.353. The molecule has 0 aromatic carbocycles. The maximum Gasteiger partial charge on any atom is 0.266 e. The first-order valence-corrected chi connectivity index (χ1v) is 7.31. The molecule has 2 heterocycles. The van der Waals surface area contributed by atoms with Crippen LogP contribution in [0.25, 0.3) is 0 Å². The average molecular weight is 313 g/mol. The summed E-state index contributed by atoms with van der Waals surface area (Å²) in [5, 5.41) is 9.07. The van der Waals surface area contributed by atoms with Crippen molar-refractivity contribution in [1.82, 2.24) is 9.88 Å². The van der Waals surface area contributed by atoms with E-state index < -0.39 is 0 Å². The number of pyridine rings is 1. The van der Waals surface area contributed by atoms with Crippen LogP contribution in [0.5, 0.6) is 0 Å². The highest BCUT2D eigenvalue weighted by Crippen LogP contribution is 2.16. The van der Waals surface area contributed by atoms with Crippen LogP contribution in [0.3, 0.4) is 0 Å². The van der Waals surface area contributed by atoms with Gasteiger partial charge in [0.25, 0.3) is 5.56 Å². The molecule has 0 atom stereocenters. The number of amides is 1. The second-order valence-electron chi connectivity index (χ2n) is 5.55. The molecule has 0 unspecified atom stereocenters. The summed E-state index contributed by atoms with van der Waals surface area (Å²) >= 11 is 0. The topological polar surface area (TPSA) is 90.1 Å². The van der Waals surface area contributed by atoms with Crippen LogP contribution in [-0.4, -0.2) is 22.8 Å². The van der Waals surface area contributed by atoms with E-state index in [4.69, 9.17) is 9.68 Å². The number of nitrogens with one attached hydrogen (secondary N) is 1. The van der Waals surface area contributed by atoms with Gasteiger partial charge in [-0.15, -0.1) is 0 Å². The Morgan fingerprint density at radius 3 is 2.78 bits per heavy atom. The smallest absolute Gasteiger partial charge is 0.266 e. The molecule has 6 heteroatoms. The van der Waals surface area contributed by atoms with Crippen molar-refractivity contribution in [2.24, 2.45) is 0 Å². The van der Waals surface area contributed by atoms with Gasteiger partial charge in [-0.3, -0.25) is 9.59 Å². The van der Waals surface area contributed by atoms with Crippen molar-refractivity contribution >= 4 is 5.91 Å². The molecule has 0 aliphatic carbocycles. The van der Waals surface area contributed by atoms with Crippen molar-refractivity contribution < 1.29 is 9.21 Å². The van der Waals surface area contributed by atoms with Crippen LogP contribution in [0.15, 0.2) is 27.8 Å². The summed E-state index contributed by atoms with van der Waals surface area (Å²) in [6.07, 6.45) is 3.98. The molecule has 120 valence electrons. The van der Waals surface area contributed by atoms with E-state index >= 15 is 0 Å². The molecule has 6 nitrogen and oxygen atoms in total. The fourth-order valence-corrected chi connectivity index (χ4v) is 2.59. The summed E-state index contributed by atoms with van der Waals surface area (Å²) in [5.74, 6) is -0.00490. The van der Waals surface area contributed by atoms with E-state index in [9.17, 15) is 9.59 Å². The van der Waals surface area contributed by atoms with Crippen molar-refractivity contribution in [3.05, 3.63) is 56.9 Å². The van der Waals surface area contributed by atoms with E-state index in [2.05, 4.69) is 4.98 Å². The molecule has 0 fully saturated rings. The second kappa shape index (κ2) is 6.97. The van der Waals surface area contributed by atoms with Crippen LogP contribution in [0.4, 0.5) is 0 Å². The minimum atomic E-state index is -0.380. The van der Waals surface area contributed by atoms with Gasteiger partial charge in [0, 0.05) is 31.3 Å². The molecule has 2 aromatic rings. The maximum atomic E-state index is 12.2. The monoisotopic (exact) mass is 313 g/mol. The minimum Gasteiger partial charge on any atom is -0.472 e. The highest BCUT2D eigenvalue weighted by Gasteiger charge is 2.15. The highest BCUT2D eigenvalue weighted by molar-refractivity contribution is 5.76. The first-order chi connectivity index (χ1) is 10.9. The highest BCUT2D eigenvalue weighted by atomic mass is 16.3. The van der Waals surface area contributed by atoms with E-state index in [1.807, 2.05) is 12.1 Å². The predicted molar refractivity (Wildman–Crippen MR) is 84.8 cm³/mol. The number of aromatic nitrogens is 1. The first-order valence-electron chi connectivity index (χ1n) is 7.31. The summed E-state index contributed by atoms with van der Waals surface area (Å²) in [4.78, 5) is 28.3. The Morgan fingerprint density at radius 1 is 1.43 bits per heavy atom. The Hall–Kier alpha value is -2.81. The Balaban J connectivity index is 2.07. The molecule has 0 radical (unpaired) electrons. The second-order valence-corrected chi connectivity index (χ2v) is 5.55. The Labute approximate surface area is 134 Å². The summed E-state index contributed by atoms with van der Waals surface area (Å²) < 4.78 is 4.99. The lowest BCUT2D eigenvalue weighted by atomic mass is 9.99. The van der Waals surface area contributed by atoms with Crippen molar-refractivity contribution in [2.75, 3.05) is 7.05 Å². The molecule has 23 heavy (non-hydrogen) atoms. The van der Waals surface area contributed by atoms with Crippen LogP contribution < -0.4 is 5.56 Å². The number of nitrogens with zero attached hydrogens (tertiary/aromatic N) is 2. The Morgan fingerprint density at radius 2 is 2.17 bits per heavy atom. The van der Waals surface area contributed by atoms with Gasteiger partial charge >= 0.3 is 0 Å². The van der Waals surface area contributed by atoms with Gasteiger partial charge in [-0.2, -0.15) is 5.26 Å². The zero-order valence-corrected chi connectivity index (χ0v) is 13.5. The van der Waals surface area contributed by atoms with Crippen LogP contribution in [0, 0.1) is 25.2 Å². The van der Waals surface area contributed by atoms with Gasteiger partial charge in [0.05, 0.1) is 12.5 Å². The lowest BCUT2D eigenvalue weighted by Crippen LogP contribution is -2.26. The molecule has 2 aromatic heterocycles. The third kappa shape index (κ3) is 3.69. The number of furan rings is 1. The zero-order chi connectivity index (χ0) is 17.0. The van der Waals surface area contributed by atoms with Crippen molar-refractivity contribution in [3.63, 3.8) is 0 Å². The lowest BCUT2D eigenvalue weighted by Gasteiger charge is -2.17. The third-order valence-electron chi connectivity index (χ3n) is 3.93. The van der Waals surface area contributed by atoms with Gasteiger partial charge in [0.1, 0.15) is 11.6 Å². The van der Waals surface area contributed by atoms with Crippen molar-refractivity contribution in [3.8, 4) is 6.07 Å². The Kier molecular flexibility index (Phi) is 5.02. The van der Waals surface area contributed by atoms with Gasteiger partial charge in [-0.25, -0.2) is 0 Å². The fourth-order valence-electron chi connectivity index (χ4n) is 2.59. The van der Waals surface area contributed by atoms with Crippen molar-refractivity contribution in [1.29, 1.82) is 5.26 Å². The molecule has 0 saturated carbocycles. The lowest BCUT2D eigenvalue weighted by molar-refractivity contribution is -0.130. The SMILES string of the molecule is Cc1[nH]c(=O)c(C#N)c(C)c1CCC(=O)N(C)Cc1ccoc1. The molecular weight excluding hydrogens is 294 g/mol. The number of aromatic amines is 1. The molecule has 0 aliphatic rings. The van der Waals surface area contributed by atoms with E-state index in [0.717, 1.165) is 11.1 Å². The summed E-state index contributed by atoms with van der Waals surface area (Å²) in [5.41, 5.74) is 2.88. The van der Waals surface area contributed by atoms with Crippen LogP contribution >= 0.6 is 0 Å². The van der Waals surface area contributed by atoms with Gasteiger partial charge in [-0.1, -0.05) is 0 Å². The molecule has 0 aliphatic heterocycles. The minimum absolute atomic E-state index is 0.00490. The summed E-state index contributed by atoms with van der Waals surface area (Å²) in [6.45, 7) is 4.02. The molecule has 2 rings (SSSR count). The number of carbonyl (C=O) groups is 1. The first kappa shape index (κ1) is 16.6. The molecular formula is C17H19N3O3.